The first-order valence-electron chi connectivity index (χ1n) is 5.96. The van der Waals surface area contributed by atoms with E-state index in [0.717, 1.165) is 13.1 Å². The number of hydrogen-bond acceptors (Lipinski definition) is 5. The fourth-order valence-corrected chi connectivity index (χ4v) is 1.96. The quantitative estimate of drug-likeness (QED) is 0.707. The van der Waals surface area contributed by atoms with Gasteiger partial charge in [0.1, 0.15) is 5.82 Å². The first-order valence-corrected chi connectivity index (χ1v) is 5.96. The second-order valence-corrected chi connectivity index (χ2v) is 4.35. The van der Waals surface area contributed by atoms with Crippen LogP contribution in [0.15, 0.2) is 15.7 Å². The van der Waals surface area contributed by atoms with Crippen LogP contribution < -0.4 is 17.0 Å². The molecule has 0 aliphatic carbocycles. The summed E-state index contributed by atoms with van der Waals surface area (Å²) in [5.41, 5.74) is 4.84. The summed E-state index contributed by atoms with van der Waals surface area (Å²) < 4.78 is 7.73. The van der Waals surface area contributed by atoms with Gasteiger partial charge in [-0.2, -0.15) is 0 Å². The minimum Gasteiger partial charge on any atom is -0.385 e. The van der Waals surface area contributed by atoms with Gasteiger partial charge >= 0.3 is 5.69 Å². The Morgan fingerprint density at radius 2 is 1.94 bits per heavy atom. The van der Waals surface area contributed by atoms with E-state index >= 15 is 0 Å². The summed E-state index contributed by atoms with van der Waals surface area (Å²) in [5, 5.41) is 0. The van der Waals surface area contributed by atoms with Crippen molar-refractivity contribution in [2.45, 2.75) is 6.54 Å². The van der Waals surface area contributed by atoms with Gasteiger partial charge in [-0.1, -0.05) is 0 Å². The van der Waals surface area contributed by atoms with Crippen LogP contribution in [0.5, 0.6) is 0 Å². The van der Waals surface area contributed by atoms with E-state index in [9.17, 15) is 9.59 Å². The average molecular weight is 254 g/mol. The lowest BCUT2D eigenvalue weighted by atomic mass is 10.4. The number of morpholine rings is 1. The second-order valence-electron chi connectivity index (χ2n) is 4.35. The lowest BCUT2D eigenvalue weighted by molar-refractivity contribution is 0.0361. The van der Waals surface area contributed by atoms with E-state index in [1.54, 1.807) is 7.05 Å². The predicted molar refractivity (Wildman–Crippen MR) is 67.6 cm³/mol. The first-order chi connectivity index (χ1) is 8.59. The fourth-order valence-electron chi connectivity index (χ4n) is 1.96. The van der Waals surface area contributed by atoms with E-state index in [1.807, 2.05) is 0 Å². The molecule has 7 nitrogen and oxygen atoms in total. The predicted octanol–water partition coefficient (Wildman–Crippen LogP) is -1.54. The Morgan fingerprint density at radius 3 is 2.61 bits per heavy atom. The van der Waals surface area contributed by atoms with Gasteiger partial charge in [0.15, 0.2) is 0 Å². The molecule has 0 bridgehead atoms. The van der Waals surface area contributed by atoms with Crippen LogP contribution in [0.3, 0.4) is 0 Å². The Hall–Kier alpha value is -1.60. The van der Waals surface area contributed by atoms with Crippen LogP contribution >= 0.6 is 0 Å². The largest absolute Gasteiger partial charge is 0.385 e. The molecule has 0 atom stereocenters. The van der Waals surface area contributed by atoms with Crippen LogP contribution in [0.1, 0.15) is 0 Å². The van der Waals surface area contributed by atoms with E-state index in [4.69, 9.17) is 10.5 Å². The Morgan fingerprint density at radius 1 is 1.28 bits per heavy atom. The molecule has 1 aromatic heterocycles. The minimum absolute atomic E-state index is 0.188. The molecule has 0 saturated carbocycles. The third kappa shape index (κ3) is 2.62. The highest BCUT2D eigenvalue weighted by Crippen LogP contribution is 1.96. The number of anilines is 1. The fraction of sp³-hybridized carbons (Fsp3) is 0.636. The number of rotatable bonds is 3. The van der Waals surface area contributed by atoms with Crippen molar-refractivity contribution in [2.24, 2.45) is 7.05 Å². The maximum absolute atomic E-state index is 11.9. The maximum atomic E-state index is 11.9. The SMILES string of the molecule is Cn1c(N)cc(=O)n(CCN2CCOCC2)c1=O. The number of nitrogens with two attached hydrogens (primary N) is 1. The van der Waals surface area contributed by atoms with Gasteiger partial charge in [-0.15, -0.1) is 0 Å². The molecule has 1 aromatic rings. The average Bonchev–Trinajstić information content (AvgIpc) is 2.37. The third-order valence-electron chi connectivity index (χ3n) is 3.19. The van der Waals surface area contributed by atoms with E-state index in [1.165, 1.54) is 15.2 Å². The molecule has 2 rings (SSSR count). The highest BCUT2D eigenvalue weighted by atomic mass is 16.5. The van der Waals surface area contributed by atoms with Gasteiger partial charge in [0.05, 0.1) is 13.2 Å². The molecule has 7 heteroatoms. The van der Waals surface area contributed by atoms with Gasteiger partial charge in [-0.3, -0.25) is 18.8 Å². The van der Waals surface area contributed by atoms with Crippen molar-refractivity contribution in [3.05, 3.63) is 26.9 Å². The molecule has 1 aliphatic heterocycles. The van der Waals surface area contributed by atoms with Gasteiger partial charge in [0, 0.05) is 39.3 Å². The summed E-state index contributed by atoms with van der Waals surface area (Å²) in [5.74, 6) is 0.188. The number of ether oxygens (including phenoxy) is 1. The summed E-state index contributed by atoms with van der Waals surface area (Å²) in [6.07, 6.45) is 0. The van der Waals surface area contributed by atoms with Gasteiger partial charge in [0.2, 0.25) is 0 Å². The van der Waals surface area contributed by atoms with Crippen LogP contribution in [-0.2, 0) is 18.3 Å². The topological polar surface area (TPSA) is 82.5 Å². The maximum Gasteiger partial charge on any atom is 0.332 e. The van der Waals surface area contributed by atoms with Crippen LogP contribution in [0, 0.1) is 0 Å². The Labute approximate surface area is 104 Å². The van der Waals surface area contributed by atoms with Crippen molar-refractivity contribution in [2.75, 3.05) is 38.6 Å². The van der Waals surface area contributed by atoms with Crippen molar-refractivity contribution in [3.8, 4) is 0 Å². The Balaban J connectivity index is 2.12. The molecule has 0 spiro atoms. The molecule has 2 heterocycles. The Kier molecular flexibility index (Phi) is 3.83. The van der Waals surface area contributed by atoms with Crippen LogP contribution in [0.2, 0.25) is 0 Å². The van der Waals surface area contributed by atoms with Gasteiger partial charge < -0.3 is 10.5 Å². The molecule has 0 aromatic carbocycles. The number of nitrogens with zero attached hydrogens (tertiary/aromatic N) is 3. The van der Waals surface area contributed by atoms with Crippen molar-refractivity contribution in [1.29, 1.82) is 0 Å². The van der Waals surface area contributed by atoms with Crippen LogP contribution in [-0.4, -0.2) is 46.9 Å². The first kappa shape index (κ1) is 12.8. The molecule has 0 radical (unpaired) electrons. The van der Waals surface area contributed by atoms with Gasteiger partial charge in [0.25, 0.3) is 5.56 Å². The molecule has 1 aliphatic rings. The lowest BCUT2D eigenvalue weighted by Crippen LogP contribution is -2.44. The van der Waals surface area contributed by atoms with Crippen molar-refractivity contribution in [3.63, 3.8) is 0 Å². The van der Waals surface area contributed by atoms with Crippen molar-refractivity contribution in [1.82, 2.24) is 14.0 Å². The summed E-state index contributed by atoms with van der Waals surface area (Å²) in [6.45, 7) is 4.13. The number of nitrogen functional groups attached to an aromatic ring is 1. The zero-order chi connectivity index (χ0) is 13.1. The van der Waals surface area contributed by atoms with Crippen LogP contribution in [0.4, 0.5) is 5.82 Å². The lowest BCUT2D eigenvalue weighted by Gasteiger charge is -2.26. The minimum atomic E-state index is -0.367. The number of aromatic nitrogens is 2. The van der Waals surface area contributed by atoms with E-state index in [-0.39, 0.29) is 17.1 Å². The molecule has 2 N–H and O–H groups in total. The van der Waals surface area contributed by atoms with Gasteiger partial charge in [-0.05, 0) is 0 Å². The molecule has 0 amide bonds. The molecular formula is C11H18N4O3. The van der Waals surface area contributed by atoms with Crippen molar-refractivity contribution < 1.29 is 4.74 Å². The monoisotopic (exact) mass is 254 g/mol. The summed E-state index contributed by atoms with van der Waals surface area (Å²) in [4.78, 5) is 25.8. The van der Waals surface area contributed by atoms with E-state index < -0.39 is 0 Å². The van der Waals surface area contributed by atoms with Crippen LogP contribution in [0.25, 0.3) is 0 Å². The molecule has 1 fully saturated rings. The highest BCUT2D eigenvalue weighted by molar-refractivity contribution is 5.25. The summed E-state index contributed by atoms with van der Waals surface area (Å²) in [6, 6.07) is 1.28. The molecule has 0 unspecified atom stereocenters. The highest BCUT2D eigenvalue weighted by Gasteiger charge is 2.12. The zero-order valence-electron chi connectivity index (χ0n) is 10.5. The number of hydrogen-bond donors (Lipinski definition) is 1. The van der Waals surface area contributed by atoms with E-state index in [0.29, 0.717) is 26.3 Å². The second kappa shape index (κ2) is 5.36. The smallest absolute Gasteiger partial charge is 0.332 e. The normalized spacial score (nSPS) is 16.9. The summed E-state index contributed by atoms with van der Waals surface area (Å²) >= 11 is 0. The summed E-state index contributed by atoms with van der Waals surface area (Å²) in [7, 11) is 1.56. The Bertz CT molecular complexity index is 528. The molecule has 100 valence electrons. The molecule has 1 saturated heterocycles. The third-order valence-corrected chi connectivity index (χ3v) is 3.19. The zero-order valence-corrected chi connectivity index (χ0v) is 10.5. The molecule has 18 heavy (non-hydrogen) atoms. The standard InChI is InChI=1S/C11H18N4O3/c1-13-9(12)8-10(16)15(11(13)17)3-2-14-4-6-18-7-5-14/h8H,2-7,12H2,1H3. The molecular weight excluding hydrogens is 236 g/mol. The van der Waals surface area contributed by atoms with Crippen molar-refractivity contribution >= 4 is 5.82 Å². The van der Waals surface area contributed by atoms with E-state index in [2.05, 4.69) is 4.90 Å². The van der Waals surface area contributed by atoms with Gasteiger partial charge in [-0.25, -0.2) is 4.79 Å².